The van der Waals surface area contributed by atoms with Crippen LogP contribution in [-0.4, -0.2) is 18.2 Å². The number of nitrogens with two attached hydrogens (primary N) is 1. The molecule has 3 nitrogen and oxygen atoms in total. The van der Waals surface area contributed by atoms with Crippen molar-refractivity contribution in [2.75, 3.05) is 13.2 Å². The Morgan fingerprint density at radius 2 is 1.93 bits per heavy atom. The van der Waals surface area contributed by atoms with Crippen molar-refractivity contribution in [1.29, 1.82) is 0 Å². The summed E-state index contributed by atoms with van der Waals surface area (Å²) < 4.78 is 5.43. The van der Waals surface area contributed by atoms with E-state index in [1.54, 1.807) is 0 Å². The van der Waals surface area contributed by atoms with Crippen LogP contribution in [0.25, 0.3) is 0 Å². The summed E-state index contributed by atoms with van der Waals surface area (Å²) in [6.45, 7) is 7.41. The van der Waals surface area contributed by atoms with E-state index in [0.717, 1.165) is 30.0 Å². The molecule has 1 rings (SSSR count). The third kappa shape index (κ3) is 3.98. The van der Waals surface area contributed by atoms with Gasteiger partial charge in [0.25, 0.3) is 0 Å². The van der Waals surface area contributed by atoms with Crippen LogP contribution in [0.4, 0.5) is 0 Å². The van der Waals surface area contributed by atoms with Gasteiger partial charge in [0.2, 0.25) is 0 Å². The van der Waals surface area contributed by atoms with Crippen molar-refractivity contribution in [3.8, 4) is 0 Å². The average molecular weight is 208 g/mol. The SMILES string of the molecule is CCCOCC(N)c1cc(C)nc(C)c1. The molecule has 2 N–H and O–H groups in total. The van der Waals surface area contributed by atoms with Gasteiger partial charge in [0, 0.05) is 18.0 Å². The van der Waals surface area contributed by atoms with Gasteiger partial charge < -0.3 is 10.5 Å². The molecule has 1 unspecified atom stereocenters. The van der Waals surface area contributed by atoms with E-state index in [4.69, 9.17) is 10.5 Å². The fourth-order valence-electron chi connectivity index (χ4n) is 1.53. The highest BCUT2D eigenvalue weighted by atomic mass is 16.5. The van der Waals surface area contributed by atoms with Gasteiger partial charge in [-0.05, 0) is 38.0 Å². The van der Waals surface area contributed by atoms with Crippen LogP contribution in [0.1, 0.15) is 36.3 Å². The molecule has 1 atom stereocenters. The van der Waals surface area contributed by atoms with E-state index in [-0.39, 0.29) is 6.04 Å². The molecule has 3 heteroatoms. The van der Waals surface area contributed by atoms with E-state index in [1.807, 2.05) is 26.0 Å². The molecular formula is C12H20N2O. The van der Waals surface area contributed by atoms with Gasteiger partial charge in [0.1, 0.15) is 0 Å². The van der Waals surface area contributed by atoms with Gasteiger partial charge >= 0.3 is 0 Å². The van der Waals surface area contributed by atoms with Gasteiger partial charge in [-0.2, -0.15) is 0 Å². The molecule has 0 saturated heterocycles. The minimum Gasteiger partial charge on any atom is -0.379 e. The summed E-state index contributed by atoms with van der Waals surface area (Å²) in [5.41, 5.74) is 9.15. The maximum atomic E-state index is 6.02. The van der Waals surface area contributed by atoms with E-state index < -0.39 is 0 Å². The molecule has 0 aliphatic rings. The zero-order valence-corrected chi connectivity index (χ0v) is 9.79. The Bertz CT molecular complexity index is 292. The second kappa shape index (κ2) is 5.83. The lowest BCUT2D eigenvalue weighted by Gasteiger charge is -2.13. The predicted octanol–water partition coefficient (Wildman–Crippen LogP) is 2.12. The third-order valence-corrected chi connectivity index (χ3v) is 2.18. The highest BCUT2D eigenvalue weighted by Gasteiger charge is 2.07. The first kappa shape index (κ1) is 12.1. The Morgan fingerprint density at radius 1 is 1.33 bits per heavy atom. The molecule has 0 saturated carbocycles. The van der Waals surface area contributed by atoms with E-state index in [9.17, 15) is 0 Å². The fourth-order valence-corrected chi connectivity index (χ4v) is 1.53. The van der Waals surface area contributed by atoms with Gasteiger partial charge in [-0.3, -0.25) is 4.98 Å². The van der Waals surface area contributed by atoms with E-state index in [1.165, 1.54) is 0 Å². The Labute approximate surface area is 91.7 Å². The van der Waals surface area contributed by atoms with Gasteiger partial charge in [0.05, 0.1) is 12.6 Å². The summed E-state index contributed by atoms with van der Waals surface area (Å²) in [7, 11) is 0. The lowest BCUT2D eigenvalue weighted by atomic mass is 10.1. The summed E-state index contributed by atoms with van der Waals surface area (Å²) in [4.78, 5) is 4.32. The minimum atomic E-state index is -0.0445. The van der Waals surface area contributed by atoms with Crippen LogP contribution in [-0.2, 0) is 4.74 Å². The molecular weight excluding hydrogens is 188 g/mol. The number of rotatable bonds is 5. The Kier molecular flexibility index (Phi) is 4.72. The number of aromatic nitrogens is 1. The molecule has 0 aliphatic heterocycles. The number of pyridine rings is 1. The van der Waals surface area contributed by atoms with Crippen LogP contribution in [0, 0.1) is 13.8 Å². The molecule has 0 spiro atoms. The summed E-state index contributed by atoms with van der Waals surface area (Å²) in [5, 5.41) is 0. The Balaban J connectivity index is 2.60. The number of ether oxygens (including phenoxy) is 1. The fraction of sp³-hybridized carbons (Fsp3) is 0.583. The average Bonchev–Trinajstić information content (AvgIpc) is 2.16. The summed E-state index contributed by atoms with van der Waals surface area (Å²) in [6.07, 6.45) is 1.03. The topological polar surface area (TPSA) is 48.1 Å². The molecule has 1 aromatic heterocycles. The van der Waals surface area contributed by atoms with Gasteiger partial charge in [-0.25, -0.2) is 0 Å². The van der Waals surface area contributed by atoms with Crippen molar-refractivity contribution in [2.24, 2.45) is 5.73 Å². The largest absolute Gasteiger partial charge is 0.379 e. The van der Waals surface area contributed by atoms with Crippen molar-refractivity contribution in [2.45, 2.75) is 33.2 Å². The minimum absolute atomic E-state index is 0.0445. The quantitative estimate of drug-likeness (QED) is 0.754. The Morgan fingerprint density at radius 3 is 2.47 bits per heavy atom. The molecule has 15 heavy (non-hydrogen) atoms. The van der Waals surface area contributed by atoms with Crippen molar-refractivity contribution in [3.05, 3.63) is 29.1 Å². The van der Waals surface area contributed by atoms with Crippen LogP contribution in [0.15, 0.2) is 12.1 Å². The normalized spacial score (nSPS) is 12.8. The second-order valence-corrected chi connectivity index (χ2v) is 3.86. The maximum absolute atomic E-state index is 6.02. The number of aryl methyl sites for hydroxylation is 2. The zero-order chi connectivity index (χ0) is 11.3. The first-order valence-electron chi connectivity index (χ1n) is 5.42. The molecule has 1 heterocycles. The lowest BCUT2D eigenvalue weighted by Crippen LogP contribution is -2.18. The lowest BCUT2D eigenvalue weighted by molar-refractivity contribution is 0.121. The molecule has 1 aromatic rings. The molecule has 0 radical (unpaired) electrons. The van der Waals surface area contributed by atoms with Crippen LogP contribution in [0.5, 0.6) is 0 Å². The van der Waals surface area contributed by atoms with Crippen LogP contribution >= 0.6 is 0 Å². The van der Waals surface area contributed by atoms with Gasteiger partial charge in [-0.15, -0.1) is 0 Å². The first-order valence-corrected chi connectivity index (χ1v) is 5.42. The molecule has 0 amide bonds. The molecule has 0 bridgehead atoms. The number of hydrogen-bond donors (Lipinski definition) is 1. The van der Waals surface area contributed by atoms with Crippen LogP contribution in [0.2, 0.25) is 0 Å². The van der Waals surface area contributed by atoms with Crippen molar-refractivity contribution < 1.29 is 4.74 Å². The van der Waals surface area contributed by atoms with Gasteiger partial charge in [0.15, 0.2) is 0 Å². The molecule has 0 aromatic carbocycles. The summed E-state index contributed by atoms with van der Waals surface area (Å²) in [5.74, 6) is 0. The van der Waals surface area contributed by atoms with Crippen LogP contribution < -0.4 is 5.73 Å². The molecule has 0 fully saturated rings. The highest BCUT2D eigenvalue weighted by Crippen LogP contribution is 2.13. The van der Waals surface area contributed by atoms with E-state index >= 15 is 0 Å². The Hall–Kier alpha value is -0.930. The summed E-state index contributed by atoms with van der Waals surface area (Å²) in [6, 6.07) is 4.00. The first-order chi connectivity index (χ1) is 7.13. The van der Waals surface area contributed by atoms with Gasteiger partial charge in [-0.1, -0.05) is 6.92 Å². The predicted molar refractivity (Wildman–Crippen MR) is 61.7 cm³/mol. The molecule has 84 valence electrons. The zero-order valence-electron chi connectivity index (χ0n) is 9.79. The monoisotopic (exact) mass is 208 g/mol. The van der Waals surface area contributed by atoms with Crippen LogP contribution in [0.3, 0.4) is 0 Å². The number of nitrogens with zero attached hydrogens (tertiary/aromatic N) is 1. The standard InChI is InChI=1S/C12H20N2O/c1-4-5-15-8-12(13)11-6-9(2)14-10(3)7-11/h6-7,12H,4-5,8,13H2,1-3H3. The third-order valence-electron chi connectivity index (χ3n) is 2.18. The van der Waals surface area contributed by atoms with Crippen molar-refractivity contribution >= 4 is 0 Å². The smallest absolute Gasteiger partial charge is 0.0659 e. The summed E-state index contributed by atoms with van der Waals surface area (Å²) >= 11 is 0. The molecule has 0 aliphatic carbocycles. The maximum Gasteiger partial charge on any atom is 0.0659 e. The second-order valence-electron chi connectivity index (χ2n) is 3.86. The van der Waals surface area contributed by atoms with E-state index in [0.29, 0.717) is 6.61 Å². The van der Waals surface area contributed by atoms with Crippen molar-refractivity contribution in [3.63, 3.8) is 0 Å². The highest BCUT2D eigenvalue weighted by molar-refractivity contribution is 5.23. The van der Waals surface area contributed by atoms with Crippen molar-refractivity contribution in [1.82, 2.24) is 4.98 Å². The number of hydrogen-bond acceptors (Lipinski definition) is 3. The van der Waals surface area contributed by atoms with E-state index in [2.05, 4.69) is 11.9 Å².